The van der Waals surface area contributed by atoms with Crippen molar-refractivity contribution in [1.82, 2.24) is 19.5 Å². The molecule has 4 rings (SSSR count). The van der Waals surface area contributed by atoms with Crippen LogP contribution in [0.25, 0.3) is 4.96 Å². The fourth-order valence-electron chi connectivity index (χ4n) is 4.25. The van der Waals surface area contributed by atoms with E-state index in [1.807, 2.05) is 0 Å². The number of hydrogen-bond acceptors (Lipinski definition) is 5. The Morgan fingerprint density at radius 2 is 2.09 bits per heavy atom. The Morgan fingerprint density at radius 1 is 1.26 bits per heavy atom. The molecule has 124 valence electrons. The molecular formula is C17H24N4OS. The van der Waals surface area contributed by atoms with E-state index in [4.69, 9.17) is 4.98 Å². The Labute approximate surface area is 140 Å². The van der Waals surface area contributed by atoms with E-state index in [0.29, 0.717) is 6.04 Å². The molecule has 6 heteroatoms. The van der Waals surface area contributed by atoms with Crippen LogP contribution in [-0.2, 0) is 13.0 Å². The zero-order valence-electron chi connectivity index (χ0n) is 13.7. The number of nitrogens with zero attached hydrogens (tertiary/aromatic N) is 4. The largest absolute Gasteiger partial charge is 0.294 e. The molecule has 2 fully saturated rings. The van der Waals surface area contributed by atoms with Gasteiger partial charge in [0.1, 0.15) is 5.01 Å². The molecule has 1 aliphatic heterocycles. The zero-order chi connectivity index (χ0) is 15.8. The van der Waals surface area contributed by atoms with Crippen LogP contribution >= 0.6 is 11.3 Å². The molecule has 0 radical (unpaired) electrons. The minimum atomic E-state index is -0.0434. The Morgan fingerprint density at radius 3 is 2.96 bits per heavy atom. The van der Waals surface area contributed by atoms with Crippen molar-refractivity contribution in [2.75, 3.05) is 6.54 Å². The Balaban J connectivity index is 1.60. The number of likely N-dealkylation sites (tertiary alicyclic amines) is 1. The average Bonchev–Trinajstić information content (AvgIpc) is 2.99. The van der Waals surface area contributed by atoms with Gasteiger partial charge in [-0.1, -0.05) is 31.1 Å². The molecule has 5 nitrogen and oxygen atoms in total. The summed E-state index contributed by atoms with van der Waals surface area (Å²) in [6, 6.07) is 2.38. The van der Waals surface area contributed by atoms with Gasteiger partial charge >= 0.3 is 0 Å². The van der Waals surface area contributed by atoms with Gasteiger partial charge in [0.15, 0.2) is 0 Å². The summed E-state index contributed by atoms with van der Waals surface area (Å²) >= 11 is 1.53. The van der Waals surface area contributed by atoms with Crippen LogP contribution in [0.5, 0.6) is 0 Å². The predicted octanol–water partition coefficient (Wildman–Crippen LogP) is 2.87. The quantitative estimate of drug-likeness (QED) is 0.867. The third-order valence-electron chi connectivity index (χ3n) is 5.37. The Kier molecular flexibility index (Phi) is 4.20. The van der Waals surface area contributed by atoms with Gasteiger partial charge < -0.3 is 0 Å². The first-order valence-corrected chi connectivity index (χ1v) is 9.69. The minimum Gasteiger partial charge on any atom is -0.294 e. The zero-order valence-corrected chi connectivity index (χ0v) is 14.5. The van der Waals surface area contributed by atoms with Crippen molar-refractivity contribution in [3.05, 3.63) is 27.1 Å². The second-order valence-corrected chi connectivity index (χ2v) is 7.89. The Hall–Kier alpha value is -1.27. The van der Waals surface area contributed by atoms with Gasteiger partial charge in [-0.3, -0.25) is 9.69 Å². The maximum Gasteiger partial charge on any atom is 0.275 e. The van der Waals surface area contributed by atoms with Gasteiger partial charge in [-0.25, -0.2) is 4.98 Å². The lowest BCUT2D eigenvalue weighted by atomic mass is 9.78. The molecule has 3 heterocycles. The van der Waals surface area contributed by atoms with E-state index < -0.39 is 0 Å². The molecule has 0 aromatic carbocycles. The summed E-state index contributed by atoms with van der Waals surface area (Å²) in [6.45, 7) is 4.01. The molecule has 1 saturated heterocycles. The van der Waals surface area contributed by atoms with E-state index in [0.717, 1.165) is 41.1 Å². The van der Waals surface area contributed by atoms with Gasteiger partial charge in [0.2, 0.25) is 4.96 Å². The minimum absolute atomic E-state index is 0.0434. The lowest BCUT2D eigenvalue weighted by Crippen LogP contribution is -2.46. The molecule has 1 aliphatic carbocycles. The van der Waals surface area contributed by atoms with Crippen molar-refractivity contribution in [2.24, 2.45) is 5.92 Å². The summed E-state index contributed by atoms with van der Waals surface area (Å²) in [7, 11) is 0. The number of hydrogen-bond donors (Lipinski definition) is 0. The van der Waals surface area contributed by atoms with Crippen LogP contribution in [0.1, 0.15) is 56.2 Å². The average molecular weight is 332 g/mol. The molecule has 0 spiro atoms. The summed E-state index contributed by atoms with van der Waals surface area (Å²) in [6.07, 6.45) is 8.94. The topological polar surface area (TPSA) is 50.5 Å². The highest BCUT2D eigenvalue weighted by Gasteiger charge is 2.33. The summed E-state index contributed by atoms with van der Waals surface area (Å²) in [4.78, 5) is 20.3. The molecule has 0 unspecified atom stereocenters. The van der Waals surface area contributed by atoms with Crippen LogP contribution in [0.2, 0.25) is 0 Å². The monoisotopic (exact) mass is 332 g/mol. The van der Waals surface area contributed by atoms with Crippen molar-refractivity contribution in [1.29, 1.82) is 0 Å². The molecule has 1 saturated carbocycles. The Bertz CT molecular complexity index is 751. The molecular weight excluding hydrogens is 308 g/mol. The van der Waals surface area contributed by atoms with E-state index in [9.17, 15) is 4.79 Å². The molecule has 2 aliphatic rings. The highest BCUT2D eigenvalue weighted by molar-refractivity contribution is 7.16. The van der Waals surface area contributed by atoms with Crippen LogP contribution in [-0.4, -0.2) is 32.1 Å². The SMILES string of the molecule is CCc1nn2c(=O)cc(CN3CCC[C@H]4CCCC[C@H]43)nc2s1. The fraction of sp³-hybridized carbons (Fsp3) is 0.706. The fourth-order valence-corrected chi connectivity index (χ4v) is 5.11. The summed E-state index contributed by atoms with van der Waals surface area (Å²) < 4.78 is 1.45. The molecule has 23 heavy (non-hydrogen) atoms. The maximum atomic E-state index is 12.3. The van der Waals surface area contributed by atoms with Gasteiger partial charge in [0.05, 0.1) is 5.69 Å². The number of rotatable bonds is 3. The molecule has 2 aromatic rings. The standard InChI is InChI=1S/C17H24N4OS/c1-2-15-19-21-16(22)10-13(18-17(21)23-15)11-20-9-5-7-12-6-3-4-8-14(12)20/h10,12,14H,2-9,11H2,1H3/t12-,14-/m1/s1. The van der Waals surface area contributed by atoms with Gasteiger partial charge in [0, 0.05) is 18.7 Å². The molecule has 0 amide bonds. The van der Waals surface area contributed by atoms with Gasteiger partial charge in [-0.15, -0.1) is 0 Å². The first kappa shape index (κ1) is 15.3. The van der Waals surface area contributed by atoms with Crippen molar-refractivity contribution >= 4 is 16.3 Å². The number of piperidine rings is 1. The van der Waals surface area contributed by atoms with Crippen LogP contribution < -0.4 is 5.56 Å². The summed E-state index contributed by atoms with van der Waals surface area (Å²) in [5.74, 6) is 0.859. The normalized spacial score (nSPS) is 25.6. The first-order valence-electron chi connectivity index (χ1n) is 8.87. The molecule has 2 atom stereocenters. The van der Waals surface area contributed by atoms with E-state index in [2.05, 4.69) is 16.9 Å². The molecule has 2 aromatic heterocycles. The lowest BCUT2D eigenvalue weighted by Gasteiger charge is -2.44. The van der Waals surface area contributed by atoms with Crippen LogP contribution in [0, 0.1) is 5.92 Å². The number of aromatic nitrogens is 3. The van der Waals surface area contributed by atoms with Gasteiger partial charge in [0.25, 0.3) is 5.56 Å². The highest BCUT2D eigenvalue weighted by atomic mass is 32.1. The summed E-state index contributed by atoms with van der Waals surface area (Å²) in [5, 5.41) is 5.30. The van der Waals surface area contributed by atoms with E-state index in [1.165, 1.54) is 54.4 Å². The molecule has 0 bridgehead atoms. The van der Waals surface area contributed by atoms with Crippen LogP contribution in [0.4, 0.5) is 0 Å². The summed E-state index contributed by atoms with van der Waals surface area (Å²) in [5.41, 5.74) is 0.866. The van der Waals surface area contributed by atoms with Crippen molar-refractivity contribution in [2.45, 2.75) is 64.5 Å². The van der Waals surface area contributed by atoms with E-state index in [-0.39, 0.29) is 5.56 Å². The van der Waals surface area contributed by atoms with Crippen molar-refractivity contribution < 1.29 is 0 Å². The predicted molar refractivity (Wildman–Crippen MR) is 91.9 cm³/mol. The van der Waals surface area contributed by atoms with Crippen molar-refractivity contribution in [3.63, 3.8) is 0 Å². The number of fused-ring (bicyclic) bond motifs is 2. The molecule has 0 N–H and O–H groups in total. The highest BCUT2D eigenvalue weighted by Crippen LogP contribution is 2.35. The first-order chi connectivity index (χ1) is 11.2. The third kappa shape index (κ3) is 2.94. The van der Waals surface area contributed by atoms with Crippen LogP contribution in [0.15, 0.2) is 10.9 Å². The van der Waals surface area contributed by atoms with E-state index >= 15 is 0 Å². The van der Waals surface area contributed by atoms with Crippen molar-refractivity contribution in [3.8, 4) is 0 Å². The second kappa shape index (κ2) is 6.32. The van der Waals surface area contributed by atoms with Gasteiger partial charge in [-0.05, 0) is 44.6 Å². The lowest BCUT2D eigenvalue weighted by molar-refractivity contribution is 0.0537. The van der Waals surface area contributed by atoms with Crippen LogP contribution in [0.3, 0.4) is 0 Å². The van der Waals surface area contributed by atoms with Gasteiger partial charge in [-0.2, -0.15) is 9.61 Å². The number of aryl methyl sites for hydroxylation is 1. The third-order valence-corrected chi connectivity index (χ3v) is 6.42. The van der Waals surface area contributed by atoms with E-state index in [1.54, 1.807) is 6.07 Å². The maximum absolute atomic E-state index is 12.3. The smallest absolute Gasteiger partial charge is 0.275 e. The second-order valence-electron chi connectivity index (χ2n) is 6.85.